The largest absolute Gasteiger partial charge is 0.509 e. The Balaban J connectivity index is 0.00000640. The third kappa shape index (κ3) is 8.71. The molecule has 15 rings (SSSR count). The van der Waals surface area contributed by atoms with E-state index in [2.05, 4.69) is 312 Å². The number of nitrogens with zero attached hydrogens (tertiary/aromatic N) is 4. The second-order valence-corrected chi connectivity index (χ2v) is 25.4. The first-order valence-corrected chi connectivity index (χ1v) is 29.6. The number of benzene rings is 10. The molecule has 0 saturated heterocycles. The van der Waals surface area contributed by atoms with E-state index in [0.717, 1.165) is 91.2 Å². The number of hydrogen-bond acceptors (Lipinski definition) is 4. The molecule has 3 heterocycles. The van der Waals surface area contributed by atoms with Crippen LogP contribution in [0.15, 0.2) is 237 Å². The normalized spacial score (nSPS) is 15.2. The van der Waals surface area contributed by atoms with Crippen molar-refractivity contribution >= 4 is 44.6 Å². The van der Waals surface area contributed by atoms with Gasteiger partial charge in [-0.15, -0.1) is 53.1 Å². The third-order valence-electron chi connectivity index (χ3n) is 18.4. The average Bonchev–Trinajstić information content (AvgIpc) is 1.68. The maximum absolute atomic E-state index is 7.39. The van der Waals surface area contributed by atoms with Crippen LogP contribution in [-0.4, -0.2) is 9.55 Å². The van der Waals surface area contributed by atoms with Crippen molar-refractivity contribution in [3.63, 3.8) is 0 Å². The number of ether oxygens (including phenoxy) is 1. The summed E-state index contributed by atoms with van der Waals surface area (Å²) in [6, 6.07) is 92.4. The Labute approximate surface area is 514 Å². The molecule has 0 spiro atoms. The molecule has 0 amide bonds. The number of hydrogen-bond donors (Lipinski definition) is 0. The molecule has 1 aliphatic heterocycles. The molecule has 2 aromatic heterocycles. The molecule has 3 aliphatic rings. The van der Waals surface area contributed by atoms with Gasteiger partial charge < -0.3 is 19.1 Å². The van der Waals surface area contributed by atoms with Crippen molar-refractivity contribution < 1.29 is 25.8 Å². The van der Waals surface area contributed by atoms with Gasteiger partial charge in [-0.25, -0.2) is 4.98 Å². The molecule has 12 aromatic rings. The Morgan fingerprint density at radius 1 is 0.506 bits per heavy atom. The van der Waals surface area contributed by atoms with Gasteiger partial charge in [-0.05, 0) is 115 Å². The fraction of sp³-hybridized carbons (Fsp3) is 0.165. The molecule has 6 heteroatoms. The van der Waals surface area contributed by atoms with Crippen LogP contribution in [0.1, 0.15) is 100 Å². The van der Waals surface area contributed by atoms with Gasteiger partial charge in [0.05, 0.1) is 5.41 Å². The molecule has 85 heavy (non-hydrogen) atoms. The quantitative estimate of drug-likeness (QED) is 0.135. The predicted molar refractivity (Wildman–Crippen MR) is 346 cm³/mol. The SMILES string of the molecule is CC(C)(C)c1ccnc(-n2c3[c-]c(Oc4[c-]c(N5[CH-]N(c6c(-c7ccccc7)cc(C7(c8ccccc8)c8ccccc8-c8ccccc87)cc6-c6ccccc6)c6ccccc65)cc5c4C(C)(C)CCC5(C)C)ccc3c3ccccc32)c1.[Pt]. The molecule has 5 nitrogen and oxygen atoms in total. The van der Waals surface area contributed by atoms with Crippen molar-refractivity contribution in [1.29, 1.82) is 0 Å². The summed E-state index contributed by atoms with van der Waals surface area (Å²) in [6.07, 6.45) is 3.98. The van der Waals surface area contributed by atoms with Crippen LogP contribution in [0, 0.1) is 18.8 Å². The number of anilines is 4. The molecule has 0 fully saturated rings. The van der Waals surface area contributed by atoms with Gasteiger partial charge in [-0.2, -0.15) is 6.07 Å². The predicted octanol–water partition coefficient (Wildman–Crippen LogP) is 20.3. The molecule has 0 atom stereocenters. The smallest absolute Gasteiger partial charge is 0.135 e. The van der Waals surface area contributed by atoms with Gasteiger partial charge >= 0.3 is 0 Å². The second-order valence-electron chi connectivity index (χ2n) is 25.4. The van der Waals surface area contributed by atoms with Crippen molar-refractivity contribution in [1.82, 2.24) is 9.55 Å². The van der Waals surface area contributed by atoms with Crippen LogP contribution in [0.25, 0.3) is 61.0 Å². The van der Waals surface area contributed by atoms with Gasteiger partial charge in [-0.3, -0.25) is 0 Å². The summed E-state index contributed by atoms with van der Waals surface area (Å²) in [5.74, 6) is 2.20. The van der Waals surface area contributed by atoms with Crippen LogP contribution in [0.2, 0.25) is 0 Å². The van der Waals surface area contributed by atoms with Crippen molar-refractivity contribution in [2.45, 2.75) is 83.0 Å². The second kappa shape index (κ2) is 20.5. The van der Waals surface area contributed by atoms with E-state index >= 15 is 0 Å². The number of para-hydroxylation sites is 3. The van der Waals surface area contributed by atoms with Crippen molar-refractivity contribution in [2.24, 2.45) is 0 Å². The van der Waals surface area contributed by atoms with Gasteiger partial charge in [0.1, 0.15) is 5.82 Å². The summed E-state index contributed by atoms with van der Waals surface area (Å²) in [7, 11) is 0. The van der Waals surface area contributed by atoms with Crippen LogP contribution in [-0.2, 0) is 42.7 Å². The molecule has 0 radical (unpaired) electrons. The summed E-state index contributed by atoms with van der Waals surface area (Å²) >= 11 is 0. The summed E-state index contributed by atoms with van der Waals surface area (Å²) < 4.78 is 9.63. The first-order chi connectivity index (χ1) is 40.8. The van der Waals surface area contributed by atoms with Gasteiger partial charge in [0, 0.05) is 72.5 Å². The Morgan fingerprint density at radius 2 is 1.07 bits per heavy atom. The molecule has 10 aromatic carbocycles. The van der Waals surface area contributed by atoms with Crippen LogP contribution >= 0.6 is 0 Å². The zero-order valence-corrected chi connectivity index (χ0v) is 51.3. The molecule has 0 saturated carbocycles. The number of aromatic nitrogens is 2. The standard InChI is InChI=1S/C79H65N4O.Pt/c1-76(2,3)55-41-44-80-73(47-55)83-68-36-22-19-33-61(68)62-40-39-58(50-71(62)83)84-72-49-57(48-67-74(72)78(6,7)43-42-77(67,4)5)81-51-82(70-38-24-23-37-69(70)81)75-63(52-25-11-8-12-26-52)45-56(46-64(75)53-27-13-9-14-28-53)79(54-29-15-10-16-30-54)65-34-20-17-31-59(65)60-32-18-21-35-66(60)79;/h8-41,44-48,51H,42-43H2,1-7H3;/q-3;. The van der Waals surface area contributed by atoms with E-state index in [1.807, 2.05) is 6.20 Å². The minimum Gasteiger partial charge on any atom is -0.509 e. The fourth-order valence-electron chi connectivity index (χ4n) is 14.1. The van der Waals surface area contributed by atoms with E-state index in [0.29, 0.717) is 5.75 Å². The Kier molecular flexibility index (Phi) is 13.1. The Hall–Kier alpha value is -8.76. The maximum atomic E-state index is 7.39. The molecular formula is C79H65N4OPt-3. The fourth-order valence-corrected chi connectivity index (χ4v) is 14.1. The first kappa shape index (κ1) is 54.2. The topological polar surface area (TPSA) is 33.5 Å². The van der Waals surface area contributed by atoms with Gasteiger partial charge in [0.2, 0.25) is 0 Å². The zero-order valence-electron chi connectivity index (χ0n) is 49.0. The number of rotatable bonds is 9. The van der Waals surface area contributed by atoms with E-state index < -0.39 is 5.41 Å². The van der Waals surface area contributed by atoms with Crippen molar-refractivity contribution in [2.75, 3.05) is 9.80 Å². The van der Waals surface area contributed by atoms with Crippen molar-refractivity contribution in [3.05, 3.63) is 294 Å². The summed E-state index contributed by atoms with van der Waals surface area (Å²) in [5, 5.41) is 2.24. The van der Waals surface area contributed by atoms with E-state index in [9.17, 15) is 0 Å². The van der Waals surface area contributed by atoms with Gasteiger partial charge in [0.25, 0.3) is 0 Å². The third-order valence-corrected chi connectivity index (χ3v) is 18.4. The van der Waals surface area contributed by atoms with E-state index in [1.165, 1.54) is 50.1 Å². The molecule has 2 aliphatic carbocycles. The van der Waals surface area contributed by atoms with E-state index in [-0.39, 0.29) is 37.3 Å². The first-order valence-electron chi connectivity index (χ1n) is 29.6. The minimum atomic E-state index is -0.624. The minimum absolute atomic E-state index is 0. The molecule has 0 N–H and O–H groups in total. The average molecular weight is 1280 g/mol. The monoisotopic (exact) mass is 1280 g/mol. The van der Waals surface area contributed by atoms with E-state index in [1.54, 1.807) is 0 Å². The number of pyridine rings is 1. The molecular weight excluding hydrogens is 1220 g/mol. The Bertz CT molecular complexity index is 4450. The molecule has 420 valence electrons. The molecule has 0 bridgehead atoms. The van der Waals surface area contributed by atoms with Gasteiger partial charge in [-0.1, -0.05) is 236 Å². The van der Waals surface area contributed by atoms with Crippen molar-refractivity contribution in [3.8, 4) is 50.7 Å². The summed E-state index contributed by atoms with van der Waals surface area (Å²) in [5.41, 5.74) is 20.8. The van der Waals surface area contributed by atoms with E-state index in [4.69, 9.17) is 9.72 Å². The maximum Gasteiger partial charge on any atom is 0.135 e. The summed E-state index contributed by atoms with van der Waals surface area (Å²) in [6.45, 7) is 18.5. The number of fused-ring (bicyclic) bond motifs is 8. The van der Waals surface area contributed by atoms with Crippen LogP contribution < -0.4 is 14.5 Å². The zero-order chi connectivity index (χ0) is 57.1. The van der Waals surface area contributed by atoms with Crippen LogP contribution in [0.5, 0.6) is 11.5 Å². The van der Waals surface area contributed by atoms with Crippen LogP contribution in [0.4, 0.5) is 22.7 Å². The molecule has 0 unspecified atom stereocenters. The van der Waals surface area contributed by atoms with Gasteiger partial charge in [0.15, 0.2) is 0 Å². The Morgan fingerprint density at radius 3 is 1.72 bits per heavy atom. The van der Waals surface area contributed by atoms with Crippen LogP contribution in [0.3, 0.4) is 0 Å². The summed E-state index contributed by atoms with van der Waals surface area (Å²) in [4.78, 5) is 9.76.